The summed E-state index contributed by atoms with van der Waals surface area (Å²) in [6.07, 6.45) is 0. The molecule has 0 aliphatic rings. The third-order valence-corrected chi connectivity index (χ3v) is 4.46. The highest BCUT2D eigenvalue weighted by Crippen LogP contribution is 2.23. The molecule has 21 heavy (non-hydrogen) atoms. The zero-order valence-corrected chi connectivity index (χ0v) is 13.3. The van der Waals surface area contributed by atoms with Crippen LogP contribution in [0.15, 0.2) is 40.2 Å². The first-order valence-corrected chi connectivity index (χ1v) is 7.82. The number of nitrogens with one attached hydrogen (secondary N) is 2. The van der Waals surface area contributed by atoms with Crippen molar-refractivity contribution in [3.8, 4) is 0 Å². The summed E-state index contributed by atoms with van der Waals surface area (Å²) >= 11 is 4.66. The molecule has 0 saturated carbocycles. The average Bonchev–Trinajstić information content (AvgIpc) is 2.91. The van der Waals surface area contributed by atoms with E-state index in [9.17, 15) is 9.59 Å². The van der Waals surface area contributed by atoms with Gasteiger partial charge in [-0.15, -0.1) is 11.3 Å². The van der Waals surface area contributed by atoms with E-state index in [0.29, 0.717) is 16.1 Å². The summed E-state index contributed by atoms with van der Waals surface area (Å²) in [4.78, 5) is 24.3. The Morgan fingerprint density at radius 2 is 1.86 bits per heavy atom. The van der Waals surface area contributed by atoms with Gasteiger partial charge in [-0.05, 0) is 51.6 Å². The van der Waals surface area contributed by atoms with Crippen LogP contribution in [0.25, 0.3) is 0 Å². The molecule has 0 aliphatic carbocycles. The van der Waals surface area contributed by atoms with Gasteiger partial charge in [-0.2, -0.15) is 0 Å². The molecule has 0 fully saturated rings. The minimum atomic E-state index is -0.261. The van der Waals surface area contributed by atoms with Gasteiger partial charge in [0.05, 0.1) is 6.61 Å². The molecule has 0 atom stereocenters. The minimum absolute atomic E-state index is 0.102. The molecule has 0 aliphatic heterocycles. The van der Waals surface area contributed by atoms with Crippen LogP contribution in [-0.2, 0) is 0 Å². The van der Waals surface area contributed by atoms with Gasteiger partial charge in [0.15, 0.2) is 0 Å². The predicted molar refractivity (Wildman–Crippen MR) is 85.8 cm³/mol. The van der Waals surface area contributed by atoms with Crippen LogP contribution in [0.5, 0.6) is 0 Å². The molecule has 2 aromatic rings. The van der Waals surface area contributed by atoms with E-state index in [1.807, 2.05) is 11.4 Å². The van der Waals surface area contributed by atoms with E-state index < -0.39 is 0 Å². The second-order valence-corrected chi connectivity index (χ2v) is 5.88. The number of rotatable bonds is 5. The summed E-state index contributed by atoms with van der Waals surface area (Å²) in [5, 5.41) is 15.8. The predicted octanol–water partition coefficient (Wildman–Crippen LogP) is 2.49. The van der Waals surface area contributed by atoms with Crippen LogP contribution in [0.4, 0.5) is 5.69 Å². The molecule has 1 aromatic carbocycles. The van der Waals surface area contributed by atoms with Crippen LogP contribution in [0.2, 0.25) is 0 Å². The molecular formula is C14H13BrN2O3S. The first kappa shape index (κ1) is 15.7. The molecule has 110 valence electrons. The van der Waals surface area contributed by atoms with Gasteiger partial charge in [0.2, 0.25) is 0 Å². The smallest absolute Gasteiger partial charge is 0.266 e. The average molecular weight is 369 g/mol. The van der Waals surface area contributed by atoms with Crippen LogP contribution < -0.4 is 10.6 Å². The molecule has 3 N–H and O–H groups in total. The standard InChI is InChI=1S/C14H13BrN2O3S/c15-11-5-8-21-12(11)14(20)17-10-3-1-9(2-4-10)13(19)16-6-7-18/h1-5,8,18H,6-7H2,(H,16,19)(H,17,20). The van der Waals surface area contributed by atoms with E-state index >= 15 is 0 Å². The molecule has 2 amide bonds. The summed E-state index contributed by atoms with van der Waals surface area (Å²) in [7, 11) is 0. The van der Waals surface area contributed by atoms with Crippen LogP contribution in [0.1, 0.15) is 20.0 Å². The SMILES string of the molecule is O=C(NCCO)c1ccc(NC(=O)c2sccc2Br)cc1. The van der Waals surface area contributed by atoms with Crippen molar-refractivity contribution >= 4 is 44.8 Å². The van der Waals surface area contributed by atoms with E-state index in [2.05, 4.69) is 26.6 Å². The molecular weight excluding hydrogens is 356 g/mol. The van der Waals surface area contributed by atoms with Gasteiger partial charge in [0, 0.05) is 22.3 Å². The Morgan fingerprint density at radius 3 is 2.43 bits per heavy atom. The van der Waals surface area contributed by atoms with Crippen molar-refractivity contribution in [3.63, 3.8) is 0 Å². The van der Waals surface area contributed by atoms with E-state index in [1.54, 1.807) is 24.3 Å². The number of hydrogen-bond donors (Lipinski definition) is 3. The minimum Gasteiger partial charge on any atom is -0.395 e. The van der Waals surface area contributed by atoms with Gasteiger partial charge < -0.3 is 15.7 Å². The Labute approximate surface area is 134 Å². The highest BCUT2D eigenvalue weighted by molar-refractivity contribution is 9.10. The Hall–Kier alpha value is -1.70. The van der Waals surface area contributed by atoms with Crippen molar-refractivity contribution in [2.75, 3.05) is 18.5 Å². The maximum absolute atomic E-state index is 12.0. The van der Waals surface area contributed by atoms with Gasteiger partial charge in [-0.3, -0.25) is 9.59 Å². The van der Waals surface area contributed by atoms with E-state index in [0.717, 1.165) is 4.47 Å². The molecule has 0 radical (unpaired) electrons. The van der Waals surface area contributed by atoms with Crippen molar-refractivity contribution < 1.29 is 14.7 Å². The molecule has 0 saturated heterocycles. The number of halogens is 1. The number of aliphatic hydroxyl groups is 1. The molecule has 1 heterocycles. The van der Waals surface area contributed by atoms with Gasteiger partial charge in [0.1, 0.15) is 4.88 Å². The monoisotopic (exact) mass is 368 g/mol. The summed E-state index contributed by atoms with van der Waals surface area (Å²) in [5.74, 6) is -0.461. The van der Waals surface area contributed by atoms with Gasteiger partial charge in [0.25, 0.3) is 11.8 Å². The second kappa shape index (κ2) is 7.35. The van der Waals surface area contributed by atoms with E-state index in [-0.39, 0.29) is 25.0 Å². The number of amides is 2. The molecule has 2 rings (SSSR count). The third kappa shape index (κ3) is 4.13. The maximum Gasteiger partial charge on any atom is 0.266 e. The summed E-state index contributed by atoms with van der Waals surface area (Å²) in [6, 6.07) is 8.37. The zero-order chi connectivity index (χ0) is 15.2. The molecule has 0 bridgehead atoms. The number of aliphatic hydroxyl groups excluding tert-OH is 1. The quantitative estimate of drug-likeness (QED) is 0.758. The fraction of sp³-hybridized carbons (Fsp3) is 0.143. The first-order valence-electron chi connectivity index (χ1n) is 6.15. The highest BCUT2D eigenvalue weighted by atomic mass is 79.9. The molecule has 1 aromatic heterocycles. The summed E-state index contributed by atoms with van der Waals surface area (Å²) in [6.45, 7) is 0.110. The summed E-state index contributed by atoms with van der Waals surface area (Å²) < 4.78 is 0.755. The number of hydrogen-bond acceptors (Lipinski definition) is 4. The maximum atomic E-state index is 12.0. The van der Waals surface area contributed by atoms with Crippen molar-refractivity contribution in [1.29, 1.82) is 0 Å². The van der Waals surface area contributed by atoms with E-state index in [1.165, 1.54) is 11.3 Å². The Balaban J connectivity index is 2.01. The van der Waals surface area contributed by atoms with Crippen LogP contribution >= 0.6 is 27.3 Å². The lowest BCUT2D eigenvalue weighted by Crippen LogP contribution is -2.26. The fourth-order valence-electron chi connectivity index (χ4n) is 1.62. The number of carbonyl (C=O) groups is 2. The number of thiophene rings is 1. The largest absolute Gasteiger partial charge is 0.395 e. The summed E-state index contributed by atoms with van der Waals surface area (Å²) in [5.41, 5.74) is 1.08. The molecule has 5 nitrogen and oxygen atoms in total. The number of anilines is 1. The van der Waals surface area contributed by atoms with Gasteiger partial charge in [-0.25, -0.2) is 0 Å². The third-order valence-electron chi connectivity index (χ3n) is 2.63. The van der Waals surface area contributed by atoms with Gasteiger partial charge in [-0.1, -0.05) is 0 Å². The fourth-order valence-corrected chi connectivity index (χ4v) is 3.07. The Bertz CT molecular complexity index is 640. The van der Waals surface area contributed by atoms with Crippen molar-refractivity contribution in [3.05, 3.63) is 50.6 Å². The second-order valence-electron chi connectivity index (χ2n) is 4.11. The highest BCUT2D eigenvalue weighted by Gasteiger charge is 2.12. The Kier molecular flexibility index (Phi) is 5.49. The van der Waals surface area contributed by atoms with Crippen molar-refractivity contribution in [2.45, 2.75) is 0 Å². The number of carbonyl (C=O) groups excluding carboxylic acids is 2. The zero-order valence-electron chi connectivity index (χ0n) is 10.9. The normalized spacial score (nSPS) is 10.2. The lowest BCUT2D eigenvalue weighted by atomic mass is 10.2. The van der Waals surface area contributed by atoms with Crippen molar-refractivity contribution in [1.82, 2.24) is 5.32 Å². The van der Waals surface area contributed by atoms with Gasteiger partial charge >= 0.3 is 0 Å². The molecule has 0 spiro atoms. The lowest BCUT2D eigenvalue weighted by molar-refractivity contribution is 0.0944. The number of benzene rings is 1. The van der Waals surface area contributed by atoms with Crippen LogP contribution in [0.3, 0.4) is 0 Å². The first-order chi connectivity index (χ1) is 10.1. The lowest BCUT2D eigenvalue weighted by Gasteiger charge is -2.06. The van der Waals surface area contributed by atoms with Crippen LogP contribution in [0, 0.1) is 0 Å². The molecule has 7 heteroatoms. The van der Waals surface area contributed by atoms with E-state index in [4.69, 9.17) is 5.11 Å². The Morgan fingerprint density at radius 1 is 1.14 bits per heavy atom. The topological polar surface area (TPSA) is 78.4 Å². The van der Waals surface area contributed by atoms with Crippen molar-refractivity contribution in [2.24, 2.45) is 0 Å². The molecule has 0 unspecified atom stereocenters. The van der Waals surface area contributed by atoms with Crippen LogP contribution in [-0.4, -0.2) is 30.1 Å².